The van der Waals surface area contributed by atoms with Gasteiger partial charge in [-0.05, 0) is 50.1 Å². The lowest BCUT2D eigenvalue weighted by Gasteiger charge is -2.39. The number of pyridine rings is 1. The molecule has 0 fully saturated rings. The highest BCUT2D eigenvalue weighted by molar-refractivity contribution is 7.93. The van der Waals surface area contributed by atoms with E-state index in [0.717, 1.165) is 24.6 Å². The summed E-state index contributed by atoms with van der Waals surface area (Å²) in [6.07, 6.45) is 1.62. The van der Waals surface area contributed by atoms with Gasteiger partial charge >= 0.3 is 0 Å². The molecule has 2 heterocycles. The lowest BCUT2D eigenvalue weighted by molar-refractivity contribution is 0.102. The summed E-state index contributed by atoms with van der Waals surface area (Å²) < 4.78 is 63.7. The van der Waals surface area contributed by atoms with Gasteiger partial charge in [-0.3, -0.25) is 9.79 Å². The smallest absolute Gasteiger partial charge is 0.274 e. The van der Waals surface area contributed by atoms with E-state index in [-0.39, 0.29) is 29.8 Å². The van der Waals surface area contributed by atoms with Gasteiger partial charge in [0, 0.05) is 17.5 Å². The largest absolute Gasteiger partial charge is 0.386 e. The number of sulfone groups is 1. The van der Waals surface area contributed by atoms with Gasteiger partial charge in [0.05, 0.1) is 11.7 Å². The number of amidine groups is 1. The van der Waals surface area contributed by atoms with Crippen LogP contribution in [0.1, 0.15) is 35.8 Å². The number of benzene rings is 1. The predicted molar refractivity (Wildman–Crippen MR) is 110 cm³/mol. The van der Waals surface area contributed by atoms with Gasteiger partial charge in [0.2, 0.25) is 0 Å². The van der Waals surface area contributed by atoms with Crippen LogP contribution in [0.25, 0.3) is 0 Å². The van der Waals surface area contributed by atoms with E-state index in [0.29, 0.717) is 0 Å². The molecular formula is C20H21F3N4O3S. The number of carbonyl (C=O) groups is 1. The van der Waals surface area contributed by atoms with Crippen LogP contribution in [0, 0.1) is 11.6 Å². The summed E-state index contributed by atoms with van der Waals surface area (Å²) in [5, 5.41) is 2.54. The van der Waals surface area contributed by atoms with Crippen LogP contribution in [0.3, 0.4) is 0 Å². The minimum atomic E-state index is -3.90. The third kappa shape index (κ3) is 4.14. The minimum Gasteiger partial charge on any atom is -0.386 e. The van der Waals surface area contributed by atoms with Gasteiger partial charge < -0.3 is 11.1 Å². The third-order valence-corrected chi connectivity index (χ3v) is 7.48. The molecule has 3 N–H and O–H groups in total. The molecule has 2 atom stereocenters. The number of carbonyl (C=O) groups excluding carboxylic acids is 1. The van der Waals surface area contributed by atoms with Crippen LogP contribution in [0.5, 0.6) is 0 Å². The molecule has 0 spiro atoms. The fourth-order valence-corrected chi connectivity index (χ4v) is 4.62. The maximum absolute atomic E-state index is 14.7. The van der Waals surface area contributed by atoms with E-state index >= 15 is 0 Å². The van der Waals surface area contributed by atoms with Crippen molar-refractivity contribution in [2.75, 3.05) is 18.2 Å². The summed E-state index contributed by atoms with van der Waals surface area (Å²) in [6.45, 7) is 0.316. The number of aromatic nitrogens is 1. The SMILES string of the molecule is C[C@@]1(c2cc(NC(=O)c3ccc(F)cn3)ccc2F)CC[C@@](CF)(S(C)(=O)=O)C(N)=N1. The zero-order chi connectivity index (χ0) is 23.0. The van der Waals surface area contributed by atoms with Gasteiger partial charge in [-0.25, -0.2) is 26.6 Å². The summed E-state index contributed by atoms with van der Waals surface area (Å²) in [5.74, 6) is -2.30. The predicted octanol–water partition coefficient (Wildman–Crippen LogP) is 2.73. The molecule has 11 heteroatoms. The van der Waals surface area contributed by atoms with Crippen LogP contribution in [-0.4, -0.2) is 42.8 Å². The molecule has 2 aromatic rings. The molecular weight excluding hydrogens is 433 g/mol. The molecule has 0 unspecified atom stereocenters. The fourth-order valence-electron chi connectivity index (χ4n) is 3.52. The fraction of sp³-hybridized carbons (Fsp3) is 0.350. The van der Waals surface area contributed by atoms with Gasteiger partial charge in [-0.2, -0.15) is 0 Å². The lowest BCUT2D eigenvalue weighted by atomic mass is 9.81. The molecule has 1 aromatic carbocycles. The van der Waals surface area contributed by atoms with E-state index in [4.69, 9.17) is 5.73 Å². The summed E-state index contributed by atoms with van der Waals surface area (Å²) >= 11 is 0. The Kier molecular flexibility index (Phi) is 5.83. The highest BCUT2D eigenvalue weighted by Crippen LogP contribution is 2.42. The van der Waals surface area contributed by atoms with Gasteiger partial charge in [0.15, 0.2) is 14.6 Å². The van der Waals surface area contributed by atoms with Crippen molar-refractivity contribution in [1.29, 1.82) is 0 Å². The topological polar surface area (TPSA) is 115 Å². The summed E-state index contributed by atoms with van der Waals surface area (Å²) in [7, 11) is -3.90. The number of hydrogen-bond donors (Lipinski definition) is 2. The minimum absolute atomic E-state index is 0.0124. The first-order chi connectivity index (χ1) is 14.4. The van der Waals surface area contributed by atoms with Crippen LogP contribution in [0.2, 0.25) is 0 Å². The molecule has 0 bridgehead atoms. The number of hydrogen-bond acceptors (Lipinski definition) is 6. The Balaban J connectivity index is 1.95. The molecule has 0 saturated carbocycles. The Hall–Kier alpha value is -2.95. The molecule has 0 aliphatic carbocycles. The Morgan fingerprint density at radius 1 is 1.23 bits per heavy atom. The van der Waals surface area contributed by atoms with Crippen LogP contribution < -0.4 is 11.1 Å². The molecule has 7 nitrogen and oxygen atoms in total. The van der Waals surface area contributed by atoms with Crippen molar-refractivity contribution in [1.82, 2.24) is 4.98 Å². The van der Waals surface area contributed by atoms with Crippen molar-refractivity contribution in [3.05, 3.63) is 59.4 Å². The summed E-state index contributed by atoms with van der Waals surface area (Å²) in [4.78, 5) is 20.2. The highest BCUT2D eigenvalue weighted by atomic mass is 32.2. The van der Waals surface area contributed by atoms with Crippen LogP contribution >= 0.6 is 0 Å². The number of amides is 1. The molecule has 1 aliphatic heterocycles. The first-order valence-corrected chi connectivity index (χ1v) is 11.2. The van der Waals surface area contributed by atoms with Crippen LogP contribution in [0.4, 0.5) is 18.9 Å². The average Bonchev–Trinajstić information content (AvgIpc) is 2.69. The molecule has 3 rings (SSSR count). The van der Waals surface area contributed by atoms with E-state index in [1.54, 1.807) is 6.92 Å². The molecule has 31 heavy (non-hydrogen) atoms. The monoisotopic (exact) mass is 454 g/mol. The number of halogens is 3. The van der Waals surface area contributed by atoms with Crippen LogP contribution in [0.15, 0.2) is 41.5 Å². The van der Waals surface area contributed by atoms with E-state index in [2.05, 4.69) is 15.3 Å². The van der Waals surface area contributed by atoms with Gasteiger partial charge in [-0.1, -0.05) is 0 Å². The number of nitrogens with zero attached hydrogens (tertiary/aromatic N) is 2. The number of nitrogens with one attached hydrogen (secondary N) is 1. The first kappa shape index (κ1) is 22.7. The van der Waals surface area contributed by atoms with Crippen molar-refractivity contribution in [3.63, 3.8) is 0 Å². The summed E-state index contributed by atoms with van der Waals surface area (Å²) in [6, 6.07) is 6.06. The Morgan fingerprint density at radius 2 is 1.94 bits per heavy atom. The van der Waals surface area contributed by atoms with E-state index in [1.165, 1.54) is 18.2 Å². The summed E-state index contributed by atoms with van der Waals surface area (Å²) in [5.41, 5.74) is 4.84. The number of alkyl halides is 1. The Labute approximate surface area is 177 Å². The second-order valence-electron chi connectivity index (χ2n) is 7.68. The normalized spacial score (nSPS) is 23.8. The second-order valence-corrected chi connectivity index (χ2v) is 10.0. The lowest BCUT2D eigenvalue weighted by Crippen LogP contribution is -2.56. The quantitative estimate of drug-likeness (QED) is 0.721. The van der Waals surface area contributed by atoms with Gasteiger partial charge in [-0.15, -0.1) is 0 Å². The maximum Gasteiger partial charge on any atom is 0.274 e. The standard InChI is InChI=1S/C20H21F3N4O3S/c1-19(7-8-20(11-21,18(24)27-19)31(2,29)30)14-9-13(4-5-15(14)23)26-17(28)16-6-3-12(22)10-25-16/h3-6,9-10H,7-8,11H2,1-2H3,(H2,24,27)(H,26,28)/t19-,20-/m0/s1. The second kappa shape index (κ2) is 7.95. The number of rotatable bonds is 5. The van der Waals surface area contributed by atoms with E-state index in [9.17, 15) is 26.4 Å². The van der Waals surface area contributed by atoms with Crippen molar-refractivity contribution in [3.8, 4) is 0 Å². The zero-order valence-electron chi connectivity index (χ0n) is 16.8. The van der Waals surface area contributed by atoms with Crippen molar-refractivity contribution in [2.24, 2.45) is 10.7 Å². The maximum atomic E-state index is 14.7. The third-order valence-electron chi connectivity index (χ3n) is 5.54. The Morgan fingerprint density at radius 3 is 2.48 bits per heavy atom. The van der Waals surface area contributed by atoms with Gasteiger partial charge in [0.1, 0.15) is 29.8 Å². The molecule has 1 aromatic heterocycles. The van der Waals surface area contributed by atoms with E-state index < -0.39 is 50.2 Å². The zero-order valence-corrected chi connectivity index (χ0v) is 17.6. The highest BCUT2D eigenvalue weighted by Gasteiger charge is 2.51. The average molecular weight is 454 g/mol. The first-order valence-electron chi connectivity index (χ1n) is 9.26. The number of aliphatic imine (C=N–C) groups is 1. The molecule has 0 radical (unpaired) electrons. The van der Waals surface area contributed by atoms with Crippen molar-refractivity contribution in [2.45, 2.75) is 30.1 Å². The molecule has 1 aliphatic rings. The molecule has 166 valence electrons. The molecule has 0 saturated heterocycles. The molecule has 1 amide bonds. The van der Waals surface area contributed by atoms with Crippen LogP contribution in [-0.2, 0) is 15.4 Å². The van der Waals surface area contributed by atoms with Gasteiger partial charge in [0.25, 0.3) is 5.91 Å². The number of anilines is 1. The van der Waals surface area contributed by atoms with E-state index in [1.807, 2.05) is 0 Å². The Bertz CT molecular complexity index is 1150. The van der Waals surface area contributed by atoms with Crippen molar-refractivity contribution >= 4 is 27.3 Å². The number of nitrogens with two attached hydrogens (primary N) is 1. The van der Waals surface area contributed by atoms with Crippen molar-refractivity contribution < 1.29 is 26.4 Å².